The van der Waals surface area contributed by atoms with Gasteiger partial charge in [0.1, 0.15) is 16.8 Å². The van der Waals surface area contributed by atoms with Crippen LogP contribution in [-0.4, -0.2) is 19.5 Å². The minimum Gasteiger partial charge on any atom is -0.288 e. The molecule has 0 saturated carbocycles. The highest BCUT2D eigenvalue weighted by molar-refractivity contribution is 6.29. The van der Waals surface area contributed by atoms with Gasteiger partial charge in [0.2, 0.25) is 0 Å². The summed E-state index contributed by atoms with van der Waals surface area (Å²) in [6.07, 6.45) is 4.47. The van der Waals surface area contributed by atoms with Crippen molar-refractivity contribution in [1.82, 2.24) is 19.5 Å². The van der Waals surface area contributed by atoms with Crippen molar-refractivity contribution in [3.8, 4) is 17.2 Å². The molecule has 0 unspecified atom stereocenters. The van der Waals surface area contributed by atoms with Crippen molar-refractivity contribution in [2.75, 3.05) is 0 Å². The van der Waals surface area contributed by atoms with Crippen molar-refractivity contribution in [3.63, 3.8) is 0 Å². The Bertz CT molecular complexity index is 722. The highest BCUT2D eigenvalue weighted by Crippen LogP contribution is 2.20. The molecular weight excluding hydrogens is 272 g/mol. The third kappa shape index (κ3) is 2.42. The molecule has 0 N–H and O–H groups in total. The van der Waals surface area contributed by atoms with Gasteiger partial charge in [-0.15, -0.1) is 0 Å². The molecule has 3 rings (SSSR count). The summed E-state index contributed by atoms with van der Waals surface area (Å²) in [7, 11) is 0. The minimum atomic E-state index is 0.421. The van der Waals surface area contributed by atoms with Crippen molar-refractivity contribution in [2.24, 2.45) is 0 Å². The Morgan fingerprint density at radius 3 is 2.70 bits per heavy atom. The van der Waals surface area contributed by atoms with E-state index in [1.165, 1.54) is 0 Å². The molecule has 0 spiro atoms. The van der Waals surface area contributed by atoms with Crippen molar-refractivity contribution in [3.05, 3.63) is 59.8 Å². The summed E-state index contributed by atoms with van der Waals surface area (Å²) in [5, 5.41) is 0.421. The van der Waals surface area contributed by atoms with Crippen LogP contribution in [0.25, 0.3) is 17.2 Å². The van der Waals surface area contributed by atoms with E-state index in [0.717, 1.165) is 23.6 Å². The maximum atomic E-state index is 6.13. The molecule has 0 aliphatic heterocycles. The average Bonchev–Trinajstić information content (AvgIpc) is 2.96. The van der Waals surface area contributed by atoms with Crippen LogP contribution in [0.4, 0.5) is 0 Å². The maximum Gasteiger partial charge on any atom is 0.163 e. The summed E-state index contributed by atoms with van der Waals surface area (Å²) in [6.45, 7) is 2.06. The SMILES string of the molecule is CCc1nccn1-c1cc(Cl)nc(-c2ccccc2)n1. The summed E-state index contributed by atoms with van der Waals surface area (Å²) >= 11 is 6.13. The van der Waals surface area contributed by atoms with Crippen LogP contribution >= 0.6 is 11.6 Å². The summed E-state index contributed by atoms with van der Waals surface area (Å²) in [5.74, 6) is 2.29. The Hall–Kier alpha value is -2.20. The van der Waals surface area contributed by atoms with Gasteiger partial charge < -0.3 is 0 Å². The molecule has 4 nitrogen and oxygen atoms in total. The molecule has 0 aliphatic carbocycles. The van der Waals surface area contributed by atoms with Crippen molar-refractivity contribution in [2.45, 2.75) is 13.3 Å². The minimum absolute atomic E-state index is 0.421. The second kappa shape index (κ2) is 5.43. The molecule has 2 aromatic heterocycles. The standard InChI is InChI=1S/C15H13ClN4/c1-2-13-17-8-9-20(13)14-10-12(16)18-15(19-14)11-6-4-3-5-7-11/h3-10H,2H2,1H3. The topological polar surface area (TPSA) is 43.6 Å². The van der Waals surface area contributed by atoms with E-state index in [-0.39, 0.29) is 0 Å². The third-order valence-electron chi connectivity index (χ3n) is 2.99. The van der Waals surface area contributed by atoms with Crippen LogP contribution in [0.2, 0.25) is 5.15 Å². The fourth-order valence-corrected chi connectivity index (χ4v) is 2.23. The van der Waals surface area contributed by atoms with E-state index in [0.29, 0.717) is 11.0 Å². The Kier molecular flexibility index (Phi) is 3.48. The van der Waals surface area contributed by atoms with E-state index < -0.39 is 0 Å². The van der Waals surface area contributed by atoms with Crippen LogP contribution in [-0.2, 0) is 6.42 Å². The second-order valence-electron chi connectivity index (χ2n) is 4.31. The Morgan fingerprint density at radius 1 is 1.15 bits per heavy atom. The Morgan fingerprint density at radius 2 is 1.95 bits per heavy atom. The normalized spacial score (nSPS) is 10.7. The molecule has 0 bridgehead atoms. The predicted octanol–water partition coefficient (Wildman–Crippen LogP) is 3.55. The van der Waals surface area contributed by atoms with Crippen molar-refractivity contribution < 1.29 is 0 Å². The molecule has 0 radical (unpaired) electrons. The van der Waals surface area contributed by atoms with Gasteiger partial charge in [-0.25, -0.2) is 15.0 Å². The van der Waals surface area contributed by atoms with E-state index in [4.69, 9.17) is 11.6 Å². The van der Waals surface area contributed by atoms with E-state index in [2.05, 4.69) is 21.9 Å². The highest BCUT2D eigenvalue weighted by atomic mass is 35.5. The summed E-state index contributed by atoms with van der Waals surface area (Å²) in [4.78, 5) is 13.2. The highest BCUT2D eigenvalue weighted by Gasteiger charge is 2.09. The van der Waals surface area contributed by atoms with E-state index in [1.807, 2.05) is 41.1 Å². The lowest BCUT2D eigenvalue weighted by atomic mass is 10.2. The molecule has 0 saturated heterocycles. The molecule has 1 aromatic carbocycles. The Labute approximate surface area is 122 Å². The van der Waals surface area contributed by atoms with E-state index in [1.54, 1.807) is 12.3 Å². The lowest BCUT2D eigenvalue weighted by Gasteiger charge is -2.08. The van der Waals surface area contributed by atoms with E-state index >= 15 is 0 Å². The lowest BCUT2D eigenvalue weighted by Crippen LogP contribution is -2.03. The van der Waals surface area contributed by atoms with Crippen LogP contribution < -0.4 is 0 Å². The average molecular weight is 285 g/mol. The quantitative estimate of drug-likeness (QED) is 0.691. The van der Waals surface area contributed by atoms with Gasteiger partial charge in [-0.1, -0.05) is 48.9 Å². The zero-order valence-electron chi connectivity index (χ0n) is 11.0. The lowest BCUT2D eigenvalue weighted by molar-refractivity contribution is 0.863. The molecule has 3 aromatic rings. The van der Waals surface area contributed by atoms with Crippen LogP contribution in [0.5, 0.6) is 0 Å². The monoisotopic (exact) mass is 284 g/mol. The largest absolute Gasteiger partial charge is 0.288 e. The number of nitrogens with zero attached hydrogens (tertiary/aromatic N) is 4. The van der Waals surface area contributed by atoms with Crippen LogP contribution in [0, 0.1) is 0 Å². The molecule has 20 heavy (non-hydrogen) atoms. The van der Waals surface area contributed by atoms with Gasteiger partial charge in [-0.2, -0.15) is 0 Å². The Balaban J connectivity index is 2.12. The van der Waals surface area contributed by atoms with Gasteiger partial charge in [-0.3, -0.25) is 4.57 Å². The molecule has 5 heteroatoms. The van der Waals surface area contributed by atoms with E-state index in [9.17, 15) is 0 Å². The zero-order valence-corrected chi connectivity index (χ0v) is 11.7. The van der Waals surface area contributed by atoms with Gasteiger partial charge in [0.15, 0.2) is 5.82 Å². The van der Waals surface area contributed by atoms with Crippen molar-refractivity contribution in [1.29, 1.82) is 0 Å². The van der Waals surface area contributed by atoms with Gasteiger partial charge in [0, 0.05) is 30.4 Å². The molecule has 0 atom stereocenters. The number of aromatic nitrogens is 4. The number of aryl methyl sites for hydroxylation is 1. The number of hydrogen-bond donors (Lipinski definition) is 0. The first-order valence-electron chi connectivity index (χ1n) is 6.40. The van der Waals surface area contributed by atoms with Gasteiger partial charge >= 0.3 is 0 Å². The predicted molar refractivity (Wildman–Crippen MR) is 79.0 cm³/mol. The molecule has 0 amide bonds. The van der Waals surface area contributed by atoms with Gasteiger partial charge in [0.25, 0.3) is 0 Å². The molecule has 100 valence electrons. The number of rotatable bonds is 3. The summed E-state index contributed by atoms with van der Waals surface area (Å²) in [5.41, 5.74) is 0.939. The van der Waals surface area contributed by atoms with Crippen LogP contribution in [0.3, 0.4) is 0 Å². The number of benzene rings is 1. The summed E-state index contributed by atoms with van der Waals surface area (Å²) in [6, 6.07) is 11.5. The zero-order chi connectivity index (χ0) is 13.9. The molecule has 0 fully saturated rings. The third-order valence-corrected chi connectivity index (χ3v) is 3.19. The smallest absolute Gasteiger partial charge is 0.163 e. The first kappa shape index (κ1) is 12.8. The molecular formula is C15H13ClN4. The van der Waals surface area contributed by atoms with Gasteiger partial charge in [-0.05, 0) is 0 Å². The fraction of sp³-hybridized carbons (Fsp3) is 0.133. The fourth-order valence-electron chi connectivity index (χ4n) is 2.05. The van der Waals surface area contributed by atoms with Crippen molar-refractivity contribution >= 4 is 11.6 Å². The first-order valence-corrected chi connectivity index (χ1v) is 6.78. The first-order chi connectivity index (χ1) is 9.78. The maximum absolute atomic E-state index is 6.13. The van der Waals surface area contributed by atoms with Crippen LogP contribution in [0.15, 0.2) is 48.8 Å². The second-order valence-corrected chi connectivity index (χ2v) is 4.69. The molecule has 0 aliphatic rings. The number of hydrogen-bond acceptors (Lipinski definition) is 3. The summed E-state index contributed by atoms with van der Waals surface area (Å²) < 4.78 is 1.93. The number of imidazole rings is 1. The van der Waals surface area contributed by atoms with Crippen LogP contribution in [0.1, 0.15) is 12.7 Å². The van der Waals surface area contributed by atoms with Gasteiger partial charge in [0.05, 0.1) is 0 Å². The number of halogens is 1. The molecule has 2 heterocycles.